The van der Waals surface area contributed by atoms with Crippen molar-refractivity contribution in [3.8, 4) is 5.75 Å². The van der Waals surface area contributed by atoms with Crippen LogP contribution in [0, 0.1) is 5.92 Å². The third-order valence-corrected chi connectivity index (χ3v) is 3.58. The first-order valence-electron chi connectivity index (χ1n) is 5.84. The van der Waals surface area contributed by atoms with Crippen molar-refractivity contribution in [2.24, 2.45) is 5.92 Å². The second kappa shape index (κ2) is 5.48. The van der Waals surface area contributed by atoms with Gasteiger partial charge in [-0.15, -0.1) is 11.6 Å². The molecule has 5 nitrogen and oxygen atoms in total. The van der Waals surface area contributed by atoms with E-state index in [0.717, 1.165) is 0 Å². The van der Waals surface area contributed by atoms with Crippen LogP contribution in [0.1, 0.15) is 16.8 Å². The van der Waals surface area contributed by atoms with Gasteiger partial charge in [-0.05, 0) is 24.1 Å². The van der Waals surface area contributed by atoms with E-state index in [0.29, 0.717) is 30.3 Å². The van der Waals surface area contributed by atoms with Gasteiger partial charge in [0.05, 0.1) is 18.4 Å². The van der Waals surface area contributed by atoms with Crippen LogP contribution >= 0.6 is 11.6 Å². The number of carbonyl (C=O) groups excluding carboxylic acids is 1. The summed E-state index contributed by atoms with van der Waals surface area (Å²) < 4.78 is 5.18. The minimum absolute atomic E-state index is 0.0213. The van der Waals surface area contributed by atoms with Gasteiger partial charge in [-0.2, -0.15) is 0 Å². The van der Waals surface area contributed by atoms with Gasteiger partial charge in [0.15, 0.2) is 0 Å². The van der Waals surface area contributed by atoms with E-state index >= 15 is 0 Å². The summed E-state index contributed by atoms with van der Waals surface area (Å²) in [4.78, 5) is 24.4. The molecule has 0 spiro atoms. The number of benzene rings is 1. The lowest BCUT2D eigenvalue weighted by Gasteiger charge is -2.19. The summed E-state index contributed by atoms with van der Waals surface area (Å²) >= 11 is 5.78. The van der Waals surface area contributed by atoms with Crippen LogP contribution in [0.4, 0.5) is 5.69 Å². The summed E-state index contributed by atoms with van der Waals surface area (Å²) in [5.74, 6) is -0.123. The number of hydrogen-bond acceptors (Lipinski definition) is 3. The number of carboxylic acids is 1. The fourth-order valence-electron chi connectivity index (χ4n) is 2.15. The quantitative estimate of drug-likeness (QED) is 0.858. The smallest absolute Gasteiger partial charge is 0.335 e. The number of amides is 1. The SMILES string of the molecule is COc1cc(C(=O)O)ccc1N1CC(CCl)CC1=O. The highest BCUT2D eigenvalue weighted by Crippen LogP contribution is 2.34. The normalized spacial score (nSPS) is 18.7. The Hall–Kier alpha value is -1.75. The molecule has 1 aliphatic rings. The fourth-order valence-corrected chi connectivity index (χ4v) is 2.36. The molecule has 0 aromatic heterocycles. The van der Waals surface area contributed by atoms with Gasteiger partial charge in [0.1, 0.15) is 5.75 Å². The molecule has 1 N–H and O–H groups in total. The molecule has 102 valence electrons. The Morgan fingerprint density at radius 3 is 2.84 bits per heavy atom. The molecular weight excluding hydrogens is 270 g/mol. The van der Waals surface area contributed by atoms with E-state index in [9.17, 15) is 9.59 Å². The lowest BCUT2D eigenvalue weighted by Crippen LogP contribution is -2.25. The molecule has 1 fully saturated rings. The third kappa shape index (κ3) is 2.66. The number of anilines is 1. The number of hydrogen-bond donors (Lipinski definition) is 1. The van der Waals surface area contributed by atoms with Gasteiger partial charge in [0.2, 0.25) is 5.91 Å². The molecule has 1 aliphatic heterocycles. The highest BCUT2D eigenvalue weighted by atomic mass is 35.5. The Bertz CT molecular complexity index is 517. The minimum Gasteiger partial charge on any atom is -0.495 e. The Morgan fingerprint density at radius 1 is 1.58 bits per heavy atom. The summed E-state index contributed by atoms with van der Waals surface area (Å²) in [6, 6.07) is 4.47. The van der Waals surface area contributed by atoms with Gasteiger partial charge in [-0.1, -0.05) is 0 Å². The molecule has 1 amide bonds. The van der Waals surface area contributed by atoms with Crippen LogP contribution in [0.2, 0.25) is 0 Å². The van der Waals surface area contributed by atoms with Gasteiger partial charge in [0.25, 0.3) is 0 Å². The number of halogens is 1. The number of aromatic carboxylic acids is 1. The van der Waals surface area contributed by atoms with Crippen LogP contribution in [-0.4, -0.2) is 36.5 Å². The summed E-state index contributed by atoms with van der Waals surface area (Å²) in [6.07, 6.45) is 0.410. The Balaban J connectivity index is 2.34. The first-order chi connectivity index (χ1) is 9.06. The topological polar surface area (TPSA) is 66.8 Å². The Labute approximate surface area is 115 Å². The van der Waals surface area contributed by atoms with Crippen LogP contribution in [0.3, 0.4) is 0 Å². The number of ether oxygens (including phenoxy) is 1. The summed E-state index contributed by atoms with van der Waals surface area (Å²) in [6.45, 7) is 0.533. The highest BCUT2D eigenvalue weighted by Gasteiger charge is 2.31. The molecule has 2 rings (SSSR count). The molecule has 1 unspecified atom stereocenters. The lowest BCUT2D eigenvalue weighted by molar-refractivity contribution is -0.117. The van der Waals surface area contributed by atoms with E-state index in [2.05, 4.69) is 0 Å². The molecule has 1 atom stereocenters. The number of carboxylic acid groups (broad SMARTS) is 1. The largest absolute Gasteiger partial charge is 0.495 e. The van der Waals surface area contributed by atoms with Gasteiger partial charge < -0.3 is 14.7 Å². The second-order valence-corrected chi connectivity index (χ2v) is 4.73. The Morgan fingerprint density at radius 2 is 2.32 bits per heavy atom. The molecule has 1 aromatic rings. The predicted octanol–water partition coefficient (Wildman–Crippen LogP) is 1.99. The molecule has 0 bridgehead atoms. The van der Waals surface area contributed by atoms with E-state index in [1.165, 1.54) is 19.2 Å². The van der Waals surface area contributed by atoms with Crippen molar-refractivity contribution in [2.75, 3.05) is 24.4 Å². The van der Waals surface area contributed by atoms with Crippen molar-refractivity contribution in [3.63, 3.8) is 0 Å². The first-order valence-corrected chi connectivity index (χ1v) is 6.38. The highest BCUT2D eigenvalue weighted by molar-refractivity contribution is 6.18. The monoisotopic (exact) mass is 283 g/mol. The van der Waals surface area contributed by atoms with Crippen molar-refractivity contribution in [3.05, 3.63) is 23.8 Å². The molecule has 1 heterocycles. The summed E-state index contributed by atoms with van der Waals surface area (Å²) in [5.41, 5.74) is 0.714. The van der Waals surface area contributed by atoms with E-state index < -0.39 is 5.97 Å². The maximum absolute atomic E-state index is 11.9. The van der Waals surface area contributed by atoms with Crippen molar-refractivity contribution in [2.45, 2.75) is 6.42 Å². The number of nitrogens with zero attached hydrogens (tertiary/aromatic N) is 1. The van der Waals surface area contributed by atoms with Crippen molar-refractivity contribution >= 4 is 29.2 Å². The van der Waals surface area contributed by atoms with Crippen LogP contribution in [0.25, 0.3) is 0 Å². The number of methoxy groups -OCH3 is 1. The van der Waals surface area contributed by atoms with Crippen molar-refractivity contribution in [1.29, 1.82) is 0 Å². The van der Waals surface area contributed by atoms with E-state index in [4.69, 9.17) is 21.4 Å². The lowest BCUT2D eigenvalue weighted by atomic mass is 10.1. The van der Waals surface area contributed by atoms with Crippen LogP contribution in [-0.2, 0) is 4.79 Å². The maximum atomic E-state index is 11.9. The van der Waals surface area contributed by atoms with E-state index in [1.54, 1.807) is 11.0 Å². The third-order valence-electron chi connectivity index (χ3n) is 3.14. The number of carbonyl (C=O) groups is 2. The number of alkyl halides is 1. The van der Waals surface area contributed by atoms with E-state index in [1.807, 2.05) is 0 Å². The maximum Gasteiger partial charge on any atom is 0.335 e. The number of rotatable bonds is 4. The van der Waals surface area contributed by atoms with Gasteiger partial charge in [-0.25, -0.2) is 4.79 Å². The molecule has 1 saturated heterocycles. The molecule has 0 radical (unpaired) electrons. The molecule has 6 heteroatoms. The van der Waals surface area contributed by atoms with Gasteiger partial charge in [-0.3, -0.25) is 4.79 Å². The predicted molar refractivity (Wildman–Crippen MR) is 71.1 cm³/mol. The zero-order valence-corrected chi connectivity index (χ0v) is 11.2. The zero-order valence-electron chi connectivity index (χ0n) is 10.4. The Kier molecular flexibility index (Phi) is 3.95. The first kappa shape index (κ1) is 13.7. The molecule has 1 aromatic carbocycles. The van der Waals surface area contributed by atoms with Crippen molar-refractivity contribution < 1.29 is 19.4 Å². The molecular formula is C13H14ClNO4. The molecule has 0 aliphatic carbocycles. The average molecular weight is 284 g/mol. The second-order valence-electron chi connectivity index (χ2n) is 4.42. The molecule has 19 heavy (non-hydrogen) atoms. The standard InChI is InChI=1S/C13H14ClNO4/c1-19-11-5-9(13(17)18)2-3-10(11)15-7-8(6-14)4-12(15)16/h2-3,5,8H,4,6-7H2,1H3,(H,17,18). The average Bonchev–Trinajstić information content (AvgIpc) is 2.79. The minimum atomic E-state index is -1.03. The molecule has 0 saturated carbocycles. The van der Waals surface area contributed by atoms with Gasteiger partial charge in [0, 0.05) is 18.8 Å². The van der Waals surface area contributed by atoms with Crippen LogP contribution < -0.4 is 9.64 Å². The van der Waals surface area contributed by atoms with Crippen LogP contribution in [0.15, 0.2) is 18.2 Å². The van der Waals surface area contributed by atoms with Gasteiger partial charge >= 0.3 is 5.97 Å². The zero-order chi connectivity index (χ0) is 14.0. The van der Waals surface area contributed by atoms with E-state index in [-0.39, 0.29) is 17.4 Å². The van der Waals surface area contributed by atoms with Crippen LogP contribution in [0.5, 0.6) is 5.75 Å². The fraction of sp³-hybridized carbons (Fsp3) is 0.385. The van der Waals surface area contributed by atoms with Crippen molar-refractivity contribution in [1.82, 2.24) is 0 Å². The summed E-state index contributed by atoms with van der Waals surface area (Å²) in [7, 11) is 1.45. The summed E-state index contributed by atoms with van der Waals surface area (Å²) in [5, 5.41) is 8.94.